The van der Waals surface area contributed by atoms with Crippen molar-refractivity contribution >= 4 is 0 Å². The van der Waals surface area contributed by atoms with Crippen molar-refractivity contribution in [3.8, 4) is 33.8 Å². The van der Waals surface area contributed by atoms with Crippen LogP contribution in [0.4, 0.5) is 0 Å². The Morgan fingerprint density at radius 2 is 0.842 bits per heavy atom. The summed E-state index contributed by atoms with van der Waals surface area (Å²) in [5.41, 5.74) is 9.58. The molecule has 0 spiro atoms. The van der Waals surface area contributed by atoms with Gasteiger partial charge in [0.05, 0.1) is 13.2 Å². The Morgan fingerprint density at radius 1 is 0.526 bits per heavy atom. The van der Waals surface area contributed by atoms with E-state index in [2.05, 4.69) is 100 Å². The lowest BCUT2D eigenvalue weighted by Crippen LogP contribution is -2.07. The zero-order valence-corrected chi connectivity index (χ0v) is 22.7. The Kier molecular flexibility index (Phi) is 8.11. The van der Waals surface area contributed by atoms with Gasteiger partial charge >= 0.3 is 0 Å². The molecular weight excluding hydrogens is 472 g/mol. The third kappa shape index (κ3) is 6.83. The fourth-order valence-corrected chi connectivity index (χ4v) is 4.63. The number of benzene rings is 4. The Bertz CT molecular complexity index is 1200. The maximum Gasteiger partial charge on any atom is 0.125 e. The first-order chi connectivity index (χ1) is 18.5. The Balaban J connectivity index is 0.000000204. The van der Waals surface area contributed by atoms with E-state index in [1.165, 1.54) is 22.3 Å². The molecule has 2 aliphatic heterocycles. The lowest BCUT2D eigenvalue weighted by molar-refractivity contribution is 0.260. The lowest BCUT2D eigenvalue weighted by Gasteiger charge is -2.16. The second kappa shape index (κ2) is 11.8. The molecule has 2 atom stereocenters. The number of aryl methyl sites for hydroxylation is 4. The second-order valence-corrected chi connectivity index (χ2v) is 10.1. The molecule has 0 saturated carbocycles. The fourth-order valence-electron chi connectivity index (χ4n) is 4.63. The smallest absolute Gasteiger partial charge is 0.125 e. The van der Waals surface area contributed by atoms with Gasteiger partial charge in [0.1, 0.15) is 36.9 Å². The minimum atomic E-state index is 0.271. The van der Waals surface area contributed by atoms with E-state index < -0.39 is 0 Å². The number of ether oxygens (including phenoxy) is 4. The molecule has 4 nitrogen and oxygen atoms in total. The molecule has 4 heteroatoms. The predicted octanol–water partition coefficient (Wildman–Crippen LogP) is 7.50. The average Bonchev–Trinajstić information content (AvgIpc) is 3.85. The highest BCUT2D eigenvalue weighted by molar-refractivity contribution is 5.70. The van der Waals surface area contributed by atoms with E-state index in [-0.39, 0.29) is 12.2 Å². The molecule has 2 heterocycles. The highest BCUT2D eigenvalue weighted by Gasteiger charge is 2.25. The molecule has 0 radical (unpaired) electrons. The van der Waals surface area contributed by atoms with Crippen LogP contribution in [-0.4, -0.2) is 38.6 Å². The number of epoxide rings is 2. The summed E-state index contributed by atoms with van der Waals surface area (Å²) in [4.78, 5) is 0. The molecule has 2 aliphatic rings. The SMILES string of the molecule is Cc1cc(-c2cc(C)c(OCC3CO3)c(C)c2)cc(C)c1OCC1CO1.c1ccc(-c2ccccc2)cc1. The van der Waals surface area contributed by atoms with Crippen molar-refractivity contribution in [3.63, 3.8) is 0 Å². The molecule has 0 N–H and O–H groups in total. The van der Waals surface area contributed by atoms with Crippen LogP contribution in [0.1, 0.15) is 22.3 Å². The highest BCUT2D eigenvalue weighted by atomic mass is 16.6. The first-order valence-electron chi connectivity index (χ1n) is 13.3. The van der Waals surface area contributed by atoms with Gasteiger partial charge in [-0.05, 0) is 96.5 Å². The fraction of sp³-hybridized carbons (Fsp3) is 0.294. The zero-order chi connectivity index (χ0) is 26.5. The lowest BCUT2D eigenvalue weighted by atomic mass is 9.96. The van der Waals surface area contributed by atoms with Crippen molar-refractivity contribution < 1.29 is 18.9 Å². The first-order valence-corrected chi connectivity index (χ1v) is 13.3. The van der Waals surface area contributed by atoms with E-state index in [0.29, 0.717) is 13.2 Å². The maximum absolute atomic E-state index is 5.95. The van der Waals surface area contributed by atoms with Crippen LogP contribution in [0.2, 0.25) is 0 Å². The van der Waals surface area contributed by atoms with E-state index in [1.807, 2.05) is 12.1 Å². The van der Waals surface area contributed by atoms with Gasteiger partial charge < -0.3 is 18.9 Å². The van der Waals surface area contributed by atoms with Crippen LogP contribution < -0.4 is 9.47 Å². The summed E-state index contributed by atoms with van der Waals surface area (Å²) in [6.45, 7) is 11.3. The van der Waals surface area contributed by atoms with E-state index in [9.17, 15) is 0 Å². The van der Waals surface area contributed by atoms with Gasteiger partial charge in [-0.15, -0.1) is 0 Å². The Hall–Kier alpha value is -3.60. The van der Waals surface area contributed by atoms with Crippen LogP contribution in [0, 0.1) is 27.7 Å². The molecule has 2 unspecified atom stereocenters. The van der Waals surface area contributed by atoms with Gasteiger partial charge in [0.25, 0.3) is 0 Å². The largest absolute Gasteiger partial charge is 0.490 e. The van der Waals surface area contributed by atoms with Crippen LogP contribution in [0.3, 0.4) is 0 Å². The number of hydrogen-bond donors (Lipinski definition) is 0. The molecule has 38 heavy (non-hydrogen) atoms. The molecule has 0 aromatic heterocycles. The molecule has 0 amide bonds. The maximum atomic E-state index is 5.95. The van der Waals surface area contributed by atoms with Crippen molar-refractivity contribution in [1.82, 2.24) is 0 Å². The molecule has 2 fully saturated rings. The van der Waals surface area contributed by atoms with Crippen molar-refractivity contribution in [2.75, 3.05) is 26.4 Å². The van der Waals surface area contributed by atoms with E-state index in [4.69, 9.17) is 18.9 Å². The standard InChI is InChI=1S/C22H26O4.C12H10/c1-13-5-17(6-14(2)21(13)25-11-19-9-23-19)18-7-15(3)22(16(4)8-18)26-12-20-10-24-20;1-3-7-11(8-4-1)12-9-5-2-6-10-12/h5-8,19-20H,9-12H2,1-4H3;1-10H. The van der Waals surface area contributed by atoms with E-state index in [1.54, 1.807) is 0 Å². The summed E-state index contributed by atoms with van der Waals surface area (Å²) >= 11 is 0. The minimum Gasteiger partial charge on any atom is -0.490 e. The van der Waals surface area contributed by atoms with E-state index in [0.717, 1.165) is 47.0 Å². The normalized spacial score (nSPS) is 17.3. The van der Waals surface area contributed by atoms with Gasteiger partial charge in [0.15, 0.2) is 0 Å². The molecule has 4 aromatic carbocycles. The molecule has 196 valence electrons. The van der Waals surface area contributed by atoms with Crippen LogP contribution in [0.15, 0.2) is 84.9 Å². The summed E-state index contributed by atoms with van der Waals surface area (Å²) in [6.07, 6.45) is 0.541. The number of rotatable bonds is 8. The molecule has 4 aromatic rings. The third-order valence-electron chi connectivity index (χ3n) is 6.77. The Morgan fingerprint density at radius 3 is 1.13 bits per heavy atom. The van der Waals surface area contributed by atoms with E-state index >= 15 is 0 Å². The molecule has 2 saturated heterocycles. The quantitative estimate of drug-likeness (QED) is 0.231. The predicted molar refractivity (Wildman–Crippen MR) is 153 cm³/mol. The van der Waals surface area contributed by atoms with Crippen molar-refractivity contribution in [1.29, 1.82) is 0 Å². The first kappa shape index (κ1) is 26.0. The Labute approximate surface area is 226 Å². The van der Waals surface area contributed by atoms with Crippen LogP contribution >= 0.6 is 0 Å². The van der Waals surface area contributed by atoms with Gasteiger partial charge in [-0.2, -0.15) is 0 Å². The second-order valence-electron chi connectivity index (χ2n) is 10.1. The molecule has 0 aliphatic carbocycles. The van der Waals surface area contributed by atoms with Gasteiger partial charge in [-0.25, -0.2) is 0 Å². The topological polar surface area (TPSA) is 43.5 Å². The van der Waals surface area contributed by atoms with Gasteiger partial charge in [-0.3, -0.25) is 0 Å². The average molecular weight is 509 g/mol. The van der Waals surface area contributed by atoms with Crippen LogP contribution in [0.25, 0.3) is 22.3 Å². The van der Waals surface area contributed by atoms with Crippen molar-refractivity contribution in [2.24, 2.45) is 0 Å². The highest BCUT2D eigenvalue weighted by Crippen LogP contribution is 2.35. The summed E-state index contributed by atoms with van der Waals surface area (Å²) in [5, 5.41) is 0. The summed E-state index contributed by atoms with van der Waals surface area (Å²) < 4.78 is 22.4. The minimum absolute atomic E-state index is 0.271. The van der Waals surface area contributed by atoms with Crippen molar-refractivity contribution in [2.45, 2.75) is 39.9 Å². The third-order valence-corrected chi connectivity index (χ3v) is 6.77. The summed E-state index contributed by atoms with van der Waals surface area (Å²) in [7, 11) is 0. The summed E-state index contributed by atoms with van der Waals surface area (Å²) in [5.74, 6) is 1.95. The zero-order valence-electron chi connectivity index (χ0n) is 22.7. The number of hydrogen-bond acceptors (Lipinski definition) is 4. The monoisotopic (exact) mass is 508 g/mol. The van der Waals surface area contributed by atoms with Gasteiger partial charge in [0, 0.05) is 0 Å². The molecular formula is C34H36O4. The van der Waals surface area contributed by atoms with Crippen molar-refractivity contribution in [3.05, 3.63) is 107 Å². The van der Waals surface area contributed by atoms with Gasteiger partial charge in [-0.1, -0.05) is 60.7 Å². The molecule has 0 bridgehead atoms. The van der Waals surface area contributed by atoms with Crippen LogP contribution in [0.5, 0.6) is 11.5 Å². The molecule has 6 rings (SSSR count). The van der Waals surface area contributed by atoms with Gasteiger partial charge in [0.2, 0.25) is 0 Å². The van der Waals surface area contributed by atoms with Crippen LogP contribution in [-0.2, 0) is 9.47 Å². The summed E-state index contributed by atoms with van der Waals surface area (Å²) in [6, 6.07) is 29.6.